The average Bonchev–Trinajstić information content (AvgIpc) is 2.45. The van der Waals surface area contributed by atoms with Crippen LogP contribution in [0.1, 0.15) is 11.6 Å². The first-order valence-corrected chi connectivity index (χ1v) is 6.35. The summed E-state index contributed by atoms with van der Waals surface area (Å²) in [4.78, 5) is 0. The van der Waals surface area contributed by atoms with Crippen molar-refractivity contribution >= 4 is 11.6 Å². The van der Waals surface area contributed by atoms with E-state index >= 15 is 0 Å². The largest absolute Gasteiger partial charge is 0.493 e. The highest BCUT2D eigenvalue weighted by Gasteiger charge is 2.09. The molecule has 0 heterocycles. The third-order valence-corrected chi connectivity index (χ3v) is 3.00. The number of para-hydroxylation sites is 2. The summed E-state index contributed by atoms with van der Waals surface area (Å²) in [5.41, 5.74) is 7.03. The predicted octanol–water partition coefficient (Wildman–Crippen LogP) is 3.43. The molecule has 2 aromatic carbocycles. The van der Waals surface area contributed by atoms with E-state index in [-0.39, 0.29) is 6.04 Å². The van der Waals surface area contributed by atoms with Crippen LogP contribution in [-0.2, 0) is 0 Å². The van der Waals surface area contributed by atoms with E-state index in [4.69, 9.17) is 26.8 Å². The highest BCUT2D eigenvalue weighted by Crippen LogP contribution is 2.27. The van der Waals surface area contributed by atoms with Gasteiger partial charge in [-0.3, -0.25) is 0 Å². The molecule has 2 rings (SSSR count). The van der Waals surface area contributed by atoms with Crippen LogP contribution in [0.3, 0.4) is 0 Å². The van der Waals surface area contributed by atoms with Crippen molar-refractivity contribution in [3.63, 3.8) is 0 Å². The molecule has 0 amide bonds. The van der Waals surface area contributed by atoms with Gasteiger partial charge < -0.3 is 15.2 Å². The molecule has 0 aromatic heterocycles. The third kappa shape index (κ3) is 3.63. The smallest absolute Gasteiger partial charge is 0.161 e. The summed E-state index contributed by atoms with van der Waals surface area (Å²) in [6.07, 6.45) is 0. The average molecular weight is 278 g/mol. The van der Waals surface area contributed by atoms with Crippen LogP contribution >= 0.6 is 11.6 Å². The molecule has 0 aliphatic rings. The van der Waals surface area contributed by atoms with E-state index in [0.717, 1.165) is 5.56 Å². The fourth-order valence-electron chi connectivity index (χ4n) is 1.75. The molecule has 0 fully saturated rings. The van der Waals surface area contributed by atoms with Gasteiger partial charge in [-0.25, -0.2) is 0 Å². The van der Waals surface area contributed by atoms with Crippen LogP contribution in [0.4, 0.5) is 0 Å². The Labute approximate surface area is 117 Å². The van der Waals surface area contributed by atoms with Gasteiger partial charge in [-0.05, 0) is 29.8 Å². The molecule has 19 heavy (non-hydrogen) atoms. The molecular weight excluding hydrogens is 262 g/mol. The Morgan fingerprint density at radius 2 is 1.84 bits per heavy atom. The Kier molecular flexibility index (Phi) is 4.66. The first kappa shape index (κ1) is 13.7. The minimum atomic E-state index is -0.233. The van der Waals surface area contributed by atoms with Gasteiger partial charge >= 0.3 is 0 Å². The Morgan fingerprint density at radius 1 is 1.11 bits per heavy atom. The maximum absolute atomic E-state index is 6.08. The van der Waals surface area contributed by atoms with Gasteiger partial charge in [0.2, 0.25) is 0 Å². The molecule has 0 spiro atoms. The van der Waals surface area contributed by atoms with E-state index in [1.165, 1.54) is 0 Å². The van der Waals surface area contributed by atoms with Gasteiger partial charge in [0, 0.05) is 5.02 Å². The molecular formula is C15H16ClNO2. The van der Waals surface area contributed by atoms with Crippen LogP contribution in [0, 0.1) is 0 Å². The standard InChI is InChI=1S/C15H16ClNO2/c1-18-14-7-2-3-8-15(14)19-10-13(17)11-5-4-6-12(16)9-11/h2-9,13H,10,17H2,1H3. The Hall–Kier alpha value is -1.71. The molecule has 1 atom stereocenters. The maximum atomic E-state index is 6.08. The number of methoxy groups -OCH3 is 1. The van der Waals surface area contributed by atoms with E-state index in [9.17, 15) is 0 Å². The van der Waals surface area contributed by atoms with Crippen molar-refractivity contribution < 1.29 is 9.47 Å². The number of hydrogen-bond donors (Lipinski definition) is 1. The number of rotatable bonds is 5. The van der Waals surface area contributed by atoms with Crippen molar-refractivity contribution in [2.24, 2.45) is 5.73 Å². The Balaban J connectivity index is 2.02. The van der Waals surface area contributed by atoms with Crippen LogP contribution in [0.15, 0.2) is 48.5 Å². The lowest BCUT2D eigenvalue weighted by atomic mass is 10.1. The van der Waals surface area contributed by atoms with Crippen molar-refractivity contribution in [3.8, 4) is 11.5 Å². The zero-order valence-corrected chi connectivity index (χ0v) is 11.4. The first-order chi connectivity index (χ1) is 9.20. The number of nitrogens with two attached hydrogens (primary N) is 1. The molecule has 4 heteroatoms. The second-order valence-corrected chi connectivity index (χ2v) is 4.56. The topological polar surface area (TPSA) is 44.5 Å². The van der Waals surface area contributed by atoms with Gasteiger partial charge in [-0.1, -0.05) is 35.9 Å². The van der Waals surface area contributed by atoms with E-state index in [2.05, 4.69) is 0 Å². The molecule has 2 aromatic rings. The van der Waals surface area contributed by atoms with Crippen molar-refractivity contribution in [1.82, 2.24) is 0 Å². The summed E-state index contributed by atoms with van der Waals surface area (Å²) in [5.74, 6) is 1.38. The van der Waals surface area contributed by atoms with Gasteiger partial charge in [0.1, 0.15) is 6.61 Å². The second kappa shape index (κ2) is 6.45. The van der Waals surface area contributed by atoms with Crippen LogP contribution in [0.2, 0.25) is 5.02 Å². The zero-order chi connectivity index (χ0) is 13.7. The predicted molar refractivity (Wildman–Crippen MR) is 76.9 cm³/mol. The van der Waals surface area contributed by atoms with Crippen LogP contribution < -0.4 is 15.2 Å². The normalized spacial score (nSPS) is 11.9. The van der Waals surface area contributed by atoms with Gasteiger partial charge in [0.05, 0.1) is 13.2 Å². The summed E-state index contributed by atoms with van der Waals surface area (Å²) in [6, 6.07) is 14.7. The van der Waals surface area contributed by atoms with Crippen molar-refractivity contribution in [1.29, 1.82) is 0 Å². The molecule has 0 bridgehead atoms. The highest BCUT2D eigenvalue weighted by molar-refractivity contribution is 6.30. The quantitative estimate of drug-likeness (QED) is 0.911. The monoisotopic (exact) mass is 277 g/mol. The van der Waals surface area contributed by atoms with Gasteiger partial charge in [0.15, 0.2) is 11.5 Å². The van der Waals surface area contributed by atoms with Crippen molar-refractivity contribution in [2.75, 3.05) is 13.7 Å². The molecule has 0 aliphatic heterocycles. The van der Waals surface area contributed by atoms with E-state index < -0.39 is 0 Å². The number of hydrogen-bond acceptors (Lipinski definition) is 3. The first-order valence-electron chi connectivity index (χ1n) is 5.97. The molecule has 0 aliphatic carbocycles. The zero-order valence-electron chi connectivity index (χ0n) is 10.7. The second-order valence-electron chi connectivity index (χ2n) is 4.12. The molecule has 2 N–H and O–H groups in total. The van der Waals surface area contributed by atoms with Crippen molar-refractivity contribution in [3.05, 3.63) is 59.1 Å². The molecule has 0 radical (unpaired) electrons. The maximum Gasteiger partial charge on any atom is 0.161 e. The summed E-state index contributed by atoms with van der Waals surface area (Å²) in [7, 11) is 1.61. The lowest BCUT2D eigenvalue weighted by Gasteiger charge is -2.15. The summed E-state index contributed by atoms with van der Waals surface area (Å²) in [5, 5.41) is 0.672. The van der Waals surface area contributed by atoms with Gasteiger partial charge in [-0.15, -0.1) is 0 Å². The van der Waals surface area contributed by atoms with Crippen LogP contribution in [-0.4, -0.2) is 13.7 Å². The van der Waals surface area contributed by atoms with Crippen molar-refractivity contribution in [2.45, 2.75) is 6.04 Å². The number of benzene rings is 2. The lowest BCUT2D eigenvalue weighted by molar-refractivity contribution is 0.273. The molecule has 1 unspecified atom stereocenters. The third-order valence-electron chi connectivity index (χ3n) is 2.76. The van der Waals surface area contributed by atoms with Gasteiger partial charge in [0.25, 0.3) is 0 Å². The summed E-state index contributed by atoms with van der Waals surface area (Å²) >= 11 is 5.94. The minimum absolute atomic E-state index is 0.233. The fraction of sp³-hybridized carbons (Fsp3) is 0.200. The molecule has 100 valence electrons. The lowest BCUT2D eigenvalue weighted by Crippen LogP contribution is -2.19. The van der Waals surface area contributed by atoms with E-state index in [1.807, 2.05) is 48.5 Å². The fourth-order valence-corrected chi connectivity index (χ4v) is 1.95. The van der Waals surface area contributed by atoms with Crippen LogP contribution in [0.25, 0.3) is 0 Å². The van der Waals surface area contributed by atoms with Crippen LogP contribution in [0.5, 0.6) is 11.5 Å². The molecule has 3 nitrogen and oxygen atoms in total. The Bertz CT molecular complexity index is 545. The minimum Gasteiger partial charge on any atom is -0.493 e. The SMILES string of the molecule is COc1ccccc1OCC(N)c1cccc(Cl)c1. The van der Waals surface area contributed by atoms with E-state index in [0.29, 0.717) is 23.1 Å². The Morgan fingerprint density at radius 3 is 2.53 bits per heavy atom. The summed E-state index contributed by atoms with van der Waals surface area (Å²) < 4.78 is 10.9. The summed E-state index contributed by atoms with van der Waals surface area (Å²) in [6.45, 7) is 0.362. The molecule has 0 saturated heterocycles. The van der Waals surface area contributed by atoms with Gasteiger partial charge in [-0.2, -0.15) is 0 Å². The number of ether oxygens (including phenoxy) is 2. The highest BCUT2D eigenvalue weighted by atomic mass is 35.5. The molecule has 0 saturated carbocycles. The number of halogens is 1. The van der Waals surface area contributed by atoms with E-state index in [1.54, 1.807) is 7.11 Å².